The minimum Gasteiger partial charge on any atom is -0.465 e. The van der Waals surface area contributed by atoms with Crippen LogP contribution in [0.4, 0.5) is 0 Å². The molecular formula is C10H20O2. The second-order valence-corrected chi connectivity index (χ2v) is 3.45. The van der Waals surface area contributed by atoms with Gasteiger partial charge in [0.25, 0.3) is 0 Å². The van der Waals surface area contributed by atoms with E-state index in [1.807, 2.05) is 13.8 Å². The summed E-state index contributed by atoms with van der Waals surface area (Å²) < 4.78 is 5.11. The van der Waals surface area contributed by atoms with E-state index in [-0.39, 0.29) is 11.9 Å². The summed E-state index contributed by atoms with van der Waals surface area (Å²) in [6, 6.07) is 0. The van der Waals surface area contributed by atoms with Crippen LogP contribution in [0.2, 0.25) is 0 Å². The maximum absolute atomic E-state index is 11.2. The third-order valence-electron chi connectivity index (χ3n) is 2.22. The van der Waals surface area contributed by atoms with Crippen LogP contribution in [0.5, 0.6) is 0 Å². The Balaban J connectivity index is 3.56. The highest BCUT2D eigenvalue weighted by Crippen LogP contribution is 2.06. The molecule has 0 aromatic carbocycles. The number of carbonyl (C=O) groups is 1. The Morgan fingerprint density at radius 2 is 1.83 bits per heavy atom. The van der Waals surface area contributed by atoms with E-state index in [2.05, 4.69) is 13.8 Å². The summed E-state index contributed by atoms with van der Waals surface area (Å²) in [5.41, 5.74) is 0. The highest BCUT2D eigenvalue weighted by atomic mass is 16.5. The van der Waals surface area contributed by atoms with Gasteiger partial charge in [0.15, 0.2) is 0 Å². The SMILES string of the molecule is CC[C@H](C)COC(=O)[C@@H](C)CC. The molecule has 2 nitrogen and oxygen atoms in total. The van der Waals surface area contributed by atoms with Crippen LogP contribution >= 0.6 is 0 Å². The molecule has 0 heterocycles. The van der Waals surface area contributed by atoms with Crippen molar-refractivity contribution in [2.24, 2.45) is 11.8 Å². The van der Waals surface area contributed by atoms with Crippen molar-refractivity contribution in [3.8, 4) is 0 Å². The largest absolute Gasteiger partial charge is 0.465 e. The molecule has 0 unspecified atom stereocenters. The maximum atomic E-state index is 11.2. The van der Waals surface area contributed by atoms with Gasteiger partial charge in [-0.1, -0.05) is 34.1 Å². The van der Waals surface area contributed by atoms with Crippen LogP contribution in [-0.4, -0.2) is 12.6 Å². The molecule has 0 spiro atoms. The van der Waals surface area contributed by atoms with Crippen LogP contribution in [0.3, 0.4) is 0 Å². The van der Waals surface area contributed by atoms with Crippen molar-refractivity contribution in [2.75, 3.05) is 6.61 Å². The lowest BCUT2D eigenvalue weighted by molar-refractivity contribution is -0.149. The minimum atomic E-state index is -0.0576. The van der Waals surface area contributed by atoms with Crippen LogP contribution in [0.1, 0.15) is 40.5 Å². The average molecular weight is 172 g/mol. The molecule has 0 radical (unpaired) electrons. The monoisotopic (exact) mass is 172 g/mol. The normalized spacial score (nSPS) is 15.3. The fourth-order valence-electron chi connectivity index (χ4n) is 0.651. The Kier molecular flexibility index (Phi) is 5.77. The number of esters is 1. The van der Waals surface area contributed by atoms with E-state index >= 15 is 0 Å². The van der Waals surface area contributed by atoms with E-state index in [0.29, 0.717) is 12.5 Å². The highest BCUT2D eigenvalue weighted by Gasteiger charge is 2.12. The lowest BCUT2D eigenvalue weighted by atomic mass is 10.1. The van der Waals surface area contributed by atoms with Crippen molar-refractivity contribution in [2.45, 2.75) is 40.5 Å². The summed E-state index contributed by atoms with van der Waals surface area (Å²) in [6.07, 6.45) is 1.92. The zero-order valence-corrected chi connectivity index (χ0v) is 8.59. The number of ether oxygens (including phenoxy) is 1. The summed E-state index contributed by atoms with van der Waals surface area (Å²) >= 11 is 0. The van der Waals surface area contributed by atoms with Crippen LogP contribution < -0.4 is 0 Å². The Morgan fingerprint density at radius 1 is 1.25 bits per heavy atom. The van der Waals surface area contributed by atoms with Crippen molar-refractivity contribution < 1.29 is 9.53 Å². The van der Waals surface area contributed by atoms with Gasteiger partial charge >= 0.3 is 5.97 Å². The van der Waals surface area contributed by atoms with Gasteiger partial charge in [-0.25, -0.2) is 0 Å². The molecule has 0 saturated heterocycles. The van der Waals surface area contributed by atoms with E-state index in [1.54, 1.807) is 0 Å². The molecule has 12 heavy (non-hydrogen) atoms. The van der Waals surface area contributed by atoms with Crippen molar-refractivity contribution in [3.63, 3.8) is 0 Å². The number of carbonyl (C=O) groups excluding carboxylic acids is 1. The Labute approximate surface area is 75.3 Å². The van der Waals surface area contributed by atoms with Gasteiger partial charge < -0.3 is 4.74 Å². The van der Waals surface area contributed by atoms with Crippen molar-refractivity contribution >= 4 is 5.97 Å². The molecule has 0 aliphatic heterocycles. The fraction of sp³-hybridized carbons (Fsp3) is 0.900. The van der Waals surface area contributed by atoms with E-state index in [4.69, 9.17) is 4.74 Å². The summed E-state index contributed by atoms with van der Waals surface area (Å²) in [4.78, 5) is 11.2. The van der Waals surface area contributed by atoms with E-state index in [1.165, 1.54) is 0 Å². The standard InChI is InChI=1S/C10H20O2/c1-5-8(3)7-12-10(11)9(4)6-2/h8-9H,5-7H2,1-4H3/t8-,9-/m0/s1. The molecule has 0 saturated carbocycles. The molecule has 0 bridgehead atoms. The second-order valence-electron chi connectivity index (χ2n) is 3.45. The molecule has 0 rings (SSSR count). The first-order valence-electron chi connectivity index (χ1n) is 4.78. The second kappa shape index (κ2) is 6.04. The molecule has 0 aromatic rings. The molecule has 2 atom stereocenters. The Bertz CT molecular complexity index is 132. The lowest BCUT2D eigenvalue weighted by Gasteiger charge is -2.12. The third-order valence-corrected chi connectivity index (χ3v) is 2.22. The van der Waals surface area contributed by atoms with Crippen LogP contribution in [0.15, 0.2) is 0 Å². The molecule has 0 N–H and O–H groups in total. The number of rotatable bonds is 5. The quantitative estimate of drug-likeness (QED) is 0.596. The predicted molar refractivity (Wildman–Crippen MR) is 49.9 cm³/mol. The number of hydrogen-bond acceptors (Lipinski definition) is 2. The van der Waals surface area contributed by atoms with Gasteiger partial charge in [0.2, 0.25) is 0 Å². The molecular weight excluding hydrogens is 152 g/mol. The van der Waals surface area contributed by atoms with Gasteiger partial charge in [-0.2, -0.15) is 0 Å². The zero-order valence-electron chi connectivity index (χ0n) is 8.59. The predicted octanol–water partition coefficient (Wildman–Crippen LogP) is 2.62. The van der Waals surface area contributed by atoms with Gasteiger partial charge in [-0.3, -0.25) is 4.79 Å². The first-order chi connectivity index (χ1) is 5.61. The molecule has 0 fully saturated rings. The van der Waals surface area contributed by atoms with Gasteiger partial charge in [0.05, 0.1) is 12.5 Å². The smallest absolute Gasteiger partial charge is 0.308 e. The molecule has 0 aliphatic carbocycles. The first kappa shape index (κ1) is 11.5. The zero-order chi connectivity index (χ0) is 9.56. The van der Waals surface area contributed by atoms with Gasteiger partial charge in [-0.15, -0.1) is 0 Å². The maximum Gasteiger partial charge on any atom is 0.308 e. The Morgan fingerprint density at radius 3 is 2.25 bits per heavy atom. The van der Waals surface area contributed by atoms with E-state index < -0.39 is 0 Å². The summed E-state index contributed by atoms with van der Waals surface area (Å²) in [5, 5.41) is 0. The van der Waals surface area contributed by atoms with E-state index in [9.17, 15) is 4.79 Å². The Hall–Kier alpha value is -0.530. The van der Waals surface area contributed by atoms with E-state index in [0.717, 1.165) is 12.8 Å². The van der Waals surface area contributed by atoms with Gasteiger partial charge in [-0.05, 0) is 12.3 Å². The summed E-state index contributed by atoms with van der Waals surface area (Å²) in [6.45, 7) is 8.65. The highest BCUT2D eigenvalue weighted by molar-refractivity contribution is 5.71. The van der Waals surface area contributed by atoms with Crippen molar-refractivity contribution in [1.82, 2.24) is 0 Å². The lowest BCUT2D eigenvalue weighted by Crippen LogP contribution is -2.17. The first-order valence-corrected chi connectivity index (χ1v) is 4.78. The topological polar surface area (TPSA) is 26.3 Å². The third kappa shape index (κ3) is 4.37. The molecule has 72 valence electrons. The van der Waals surface area contributed by atoms with Crippen LogP contribution in [0.25, 0.3) is 0 Å². The van der Waals surface area contributed by atoms with Crippen LogP contribution in [0, 0.1) is 11.8 Å². The fourth-order valence-corrected chi connectivity index (χ4v) is 0.651. The number of hydrogen-bond donors (Lipinski definition) is 0. The van der Waals surface area contributed by atoms with Crippen molar-refractivity contribution in [1.29, 1.82) is 0 Å². The molecule has 0 aliphatic rings. The summed E-state index contributed by atoms with van der Waals surface area (Å²) in [5.74, 6) is 0.477. The van der Waals surface area contributed by atoms with Gasteiger partial charge in [0, 0.05) is 0 Å². The summed E-state index contributed by atoms with van der Waals surface area (Å²) in [7, 11) is 0. The average Bonchev–Trinajstić information content (AvgIpc) is 2.11. The van der Waals surface area contributed by atoms with Gasteiger partial charge in [0.1, 0.15) is 0 Å². The minimum absolute atomic E-state index is 0.0501. The molecule has 2 heteroatoms. The molecule has 0 aromatic heterocycles. The van der Waals surface area contributed by atoms with Crippen LogP contribution in [-0.2, 0) is 9.53 Å². The molecule has 0 amide bonds. The van der Waals surface area contributed by atoms with Crippen molar-refractivity contribution in [3.05, 3.63) is 0 Å².